The zero-order chi connectivity index (χ0) is 14.9. The molecule has 0 spiro atoms. The number of nitrogens with one attached hydrogen (secondary N) is 2. The molecule has 0 unspecified atom stereocenters. The summed E-state index contributed by atoms with van der Waals surface area (Å²) in [6.45, 7) is 2.02. The maximum absolute atomic E-state index is 11.6. The molecule has 0 aliphatic rings. The minimum absolute atomic E-state index is 0.132. The van der Waals surface area contributed by atoms with Crippen molar-refractivity contribution in [3.8, 4) is 5.75 Å². The van der Waals surface area contributed by atoms with Gasteiger partial charge in [0.1, 0.15) is 5.75 Å². The molecule has 112 valence electrons. The summed E-state index contributed by atoms with van der Waals surface area (Å²) in [6.07, 6.45) is 5.69. The third kappa shape index (κ3) is 5.60. The molecule has 5 heteroatoms. The molecule has 2 rings (SSSR count). The number of hydrogen-bond donors (Lipinski definition) is 3. The smallest absolute Gasteiger partial charge is 0.314 e. The normalized spacial score (nSPS) is 10.3. The first kappa shape index (κ1) is 15.0. The first-order chi connectivity index (χ1) is 10.2. The summed E-state index contributed by atoms with van der Waals surface area (Å²) in [5.74, 6) is 0.277. The van der Waals surface area contributed by atoms with Crippen LogP contribution >= 0.6 is 0 Å². The van der Waals surface area contributed by atoms with Crippen molar-refractivity contribution in [2.75, 3.05) is 13.1 Å². The lowest BCUT2D eigenvalue weighted by Gasteiger charge is -2.08. The van der Waals surface area contributed by atoms with Gasteiger partial charge in [-0.2, -0.15) is 0 Å². The van der Waals surface area contributed by atoms with E-state index in [1.165, 1.54) is 0 Å². The van der Waals surface area contributed by atoms with Crippen molar-refractivity contribution in [3.05, 3.63) is 54.4 Å². The van der Waals surface area contributed by atoms with Crippen molar-refractivity contribution in [1.82, 2.24) is 15.2 Å². The predicted octanol–water partition coefficient (Wildman–Crippen LogP) is 2.13. The van der Waals surface area contributed by atoms with E-state index in [1.807, 2.05) is 41.2 Å². The summed E-state index contributed by atoms with van der Waals surface area (Å²) in [5.41, 5.74) is 1.16. The number of phenolic OH excluding ortho intramolecular Hbond substituents is 1. The van der Waals surface area contributed by atoms with Gasteiger partial charge in [-0.1, -0.05) is 12.1 Å². The number of phenols is 1. The standard InChI is InChI=1S/C16H21N3O2/c20-15-7-5-14(6-8-15)4-3-9-17-16(21)18-10-13-19-11-1-2-12-19/h1-2,5-8,11-12,20H,3-4,9-10,13H2,(H2,17,18,21). The maximum atomic E-state index is 11.6. The van der Waals surface area contributed by atoms with E-state index in [0.717, 1.165) is 24.9 Å². The van der Waals surface area contributed by atoms with Gasteiger partial charge in [-0.25, -0.2) is 4.79 Å². The van der Waals surface area contributed by atoms with Gasteiger partial charge in [0.2, 0.25) is 0 Å². The monoisotopic (exact) mass is 287 g/mol. The Morgan fingerprint density at radius 3 is 2.43 bits per heavy atom. The quantitative estimate of drug-likeness (QED) is 0.683. The fourth-order valence-electron chi connectivity index (χ4n) is 2.04. The van der Waals surface area contributed by atoms with Crippen LogP contribution in [0.15, 0.2) is 48.8 Å². The number of carbonyl (C=O) groups is 1. The molecule has 1 aromatic carbocycles. The molecule has 0 saturated heterocycles. The second kappa shape index (κ2) is 7.99. The molecule has 0 fully saturated rings. The van der Waals surface area contributed by atoms with Crippen molar-refractivity contribution in [2.45, 2.75) is 19.4 Å². The Morgan fingerprint density at radius 1 is 1.05 bits per heavy atom. The Hall–Kier alpha value is -2.43. The molecule has 0 bridgehead atoms. The summed E-state index contributed by atoms with van der Waals surface area (Å²) in [4.78, 5) is 11.6. The molecule has 5 nitrogen and oxygen atoms in total. The van der Waals surface area contributed by atoms with Crippen LogP contribution in [0.1, 0.15) is 12.0 Å². The van der Waals surface area contributed by atoms with Crippen LogP contribution in [0.25, 0.3) is 0 Å². The van der Waals surface area contributed by atoms with Crippen molar-refractivity contribution >= 4 is 6.03 Å². The number of urea groups is 1. The summed E-state index contributed by atoms with van der Waals surface area (Å²) < 4.78 is 2.02. The zero-order valence-corrected chi connectivity index (χ0v) is 12.0. The van der Waals surface area contributed by atoms with Crippen molar-refractivity contribution in [3.63, 3.8) is 0 Å². The van der Waals surface area contributed by atoms with Crippen LogP contribution in [0.2, 0.25) is 0 Å². The van der Waals surface area contributed by atoms with Crippen LogP contribution in [-0.4, -0.2) is 28.8 Å². The molecule has 0 saturated carbocycles. The van der Waals surface area contributed by atoms with Gasteiger partial charge in [0.05, 0.1) is 0 Å². The molecule has 2 aromatic rings. The molecule has 1 heterocycles. The molecular weight excluding hydrogens is 266 g/mol. The third-order valence-electron chi connectivity index (χ3n) is 3.19. The molecule has 0 radical (unpaired) electrons. The SMILES string of the molecule is O=C(NCCCc1ccc(O)cc1)NCCn1cccc1. The first-order valence-corrected chi connectivity index (χ1v) is 7.14. The number of aromatic nitrogens is 1. The molecule has 0 atom stereocenters. The Morgan fingerprint density at radius 2 is 1.71 bits per heavy atom. The van der Waals surface area contributed by atoms with E-state index in [9.17, 15) is 9.90 Å². The van der Waals surface area contributed by atoms with E-state index in [-0.39, 0.29) is 11.8 Å². The number of hydrogen-bond acceptors (Lipinski definition) is 2. The fourth-order valence-corrected chi connectivity index (χ4v) is 2.04. The van der Waals surface area contributed by atoms with Crippen molar-refractivity contribution in [1.29, 1.82) is 0 Å². The molecule has 2 amide bonds. The summed E-state index contributed by atoms with van der Waals surface area (Å²) in [6, 6.07) is 10.9. The molecule has 1 aromatic heterocycles. The number of benzene rings is 1. The van der Waals surface area contributed by atoms with Gasteiger partial charge in [-0.05, 0) is 42.7 Å². The average Bonchev–Trinajstić information content (AvgIpc) is 2.99. The van der Waals surface area contributed by atoms with Gasteiger partial charge >= 0.3 is 6.03 Å². The topological polar surface area (TPSA) is 66.3 Å². The van der Waals surface area contributed by atoms with E-state index < -0.39 is 0 Å². The summed E-state index contributed by atoms with van der Waals surface area (Å²) in [5, 5.41) is 14.8. The van der Waals surface area contributed by atoms with Crippen LogP contribution < -0.4 is 10.6 Å². The first-order valence-electron chi connectivity index (χ1n) is 7.14. The number of aryl methyl sites for hydroxylation is 1. The van der Waals surface area contributed by atoms with Crippen LogP contribution in [0.3, 0.4) is 0 Å². The van der Waals surface area contributed by atoms with Gasteiger partial charge in [0.25, 0.3) is 0 Å². The summed E-state index contributed by atoms with van der Waals surface area (Å²) in [7, 11) is 0. The number of rotatable bonds is 7. The number of amides is 2. The van der Waals surface area contributed by atoms with Crippen LogP contribution in [0.5, 0.6) is 5.75 Å². The van der Waals surface area contributed by atoms with Gasteiger partial charge < -0.3 is 20.3 Å². The van der Waals surface area contributed by atoms with E-state index >= 15 is 0 Å². The molecule has 0 aliphatic carbocycles. The van der Waals surface area contributed by atoms with Gasteiger partial charge in [0.15, 0.2) is 0 Å². The van der Waals surface area contributed by atoms with E-state index in [0.29, 0.717) is 13.1 Å². The largest absolute Gasteiger partial charge is 0.508 e. The highest BCUT2D eigenvalue weighted by Gasteiger charge is 1.99. The fraction of sp³-hybridized carbons (Fsp3) is 0.312. The highest BCUT2D eigenvalue weighted by Crippen LogP contribution is 2.10. The number of carbonyl (C=O) groups excluding carboxylic acids is 1. The summed E-state index contributed by atoms with van der Waals surface area (Å²) >= 11 is 0. The molecule has 3 N–H and O–H groups in total. The molecule has 0 aliphatic heterocycles. The maximum Gasteiger partial charge on any atom is 0.314 e. The lowest BCUT2D eigenvalue weighted by atomic mass is 10.1. The highest BCUT2D eigenvalue weighted by molar-refractivity contribution is 5.73. The van der Waals surface area contributed by atoms with Gasteiger partial charge in [0, 0.05) is 32.0 Å². The lowest BCUT2D eigenvalue weighted by molar-refractivity contribution is 0.240. The Bertz CT molecular complexity index is 535. The van der Waals surface area contributed by atoms with E-state index in [2.05, 4.69) is 10.6 Å². The predicted molar refractivity (Wildman–Crippen MR) is 82.3 cm³/mol. The molecular formula is C16H21N3O2. The highest BCUT2D eigenvalue weighted by atomic mass is 16.3. The minimum Gasteiger partial charge on any atom is -0.508 e. The minimum atomic E-state index is -0.132. The number of aromatic hydroxyl groups is 1. The third-order valence-corrected chi connectivity index (χ3v) is 3.19. The zero-order valence-electron chi connectivity index (χ0n) is 12.0. The average molecular weight is 287 g/mol. The van der Waals surface area contributed by atoms with Crippen molar-refractivity contribution < 1.29 is 9.90 Å². The van der Waals surface area contributed by atoms with Crippen LogP contribution in [0, 0.1) is 0 Å². The van der Waals surface area contributed by atoms with Gasteiger partial charge in [-0.15, -0.1) is 0 Å². The Labute approximate surface area is 124 Å². The number of nitrogens with zero attached hydrogens (tertiary/aromatic N) is 1. The lowest BCUT2D eigenvalue weighted by Crippen LogP contribution is -2.37. The second-order valence-corrected chi connectivity index (χ2v) is 4.87. The van der Waals surface area contributed by atoms with E-state index in [1.54, 1.807) is 12.1 Å². The van der Waals surface area contributed by atoms with Gasteiger partial charge in [-0.3, -0.25) is 0 Å². The van der Waals surface area contributed by atoms with Crippen LogP contribution in [-0.2, 0) is 13.0 Å². The van der Waals surface area contributed by atoms with Crippen LogP contribution in [0.4, 0.5) is 4.79 Å². The molecule has 21 heavy (non-hydrogen) atoms. The second-order valence-electron chi connectivity index (χ2n) is 4.87. The van der Waals surface area contributed by atoms with Crippen molar-refractivity contribution in [2.24, 2.45) is 0 Å². The Balaban J connectivity index is 1.53. The van der Waals surface area contributed by atoms with E-state index in [4.69, 9.17) is 0 Å². The Kier molecular flexibility index (Phi) is 5.70.